The summed E-state index contributed by atoms with van der Waals surface area (Å²) < 4.78 is 11.6. The molecule has 0 amide bonds. The van der Waals surface area contributed by atoms with Crippen LogP contribution in [0, 0.1) is 6.92 Å². The SMILES string of the molecule is COC(=O)c1ccc(-c2noc(Cn3cc(C)cn3)n2)cc1. The van der Waals surface area contributed by atoms with Gasteiger partial charge in [-0.1, -0.05) is 17.3 Å². The molecule has 0 saturated heterocycles. The van der Waals surface area contributed by atoms with Crippen molar-refractivity contribution in [2.45, 2.75) is 13.5 Å². The average molecular weight is 298 g/mol. The molecule has 0 aliphatic carbocycles. The Hall–Kier alpha value is -2.96. The Kier molecular flexibility index (Phi) is 3.69. The van der Waals surface area contributed by atoms with E-state index in [1.165, 1.54) is 7.11 Å². The van der Waals surface area contributed by atoms with Gasteiger partial charge < -0.3 is 9.26 Å². The lowest BCUT2D eigenvalue weighted by molar-refractivity contribution is 0.0601. The number of benzene rings is 1. The van der Waals surface area contributed by atoms with Gasteiger partial charge in [-0.2, -0.15) is 10.1 Å². The van der Waals surface area contributed by atoms with Gasteiger partial charge in [0.25, 0.3) is 0 Å². The molecule has 0 radical (unpaired) electrons. The van der Waals surface area contributed by atoms with E-state index in [-0.39, 0.29) is 5.97 Å². The predicted molar refractivity (Wildman–Crippen MR) is 77.1 cm³/mol. The second-order valence-electron chi connectivity index (χ2n) is 4.80. The first kappa shape index (κ1) is 14.0. The maximum Gasteiger partial charge on any atom is 0.337 e. The van der Waals surface area contributed by atoms with Crippen molar-refractivity contribution in [3.05, 3.63) is 53.7 Å². The van der Waals surface area contributed by atoms with Gasteiger partial charge in [0, 0.05) is 11.8 Å². The van der Waals surface area contributed by atoms with Crippen LogP contribution in [0.1, 0.15) is 21.8 Å². The van der Waals surface area contributed by atoms with Crippen molar-refractivity contribution >= 4 is 5.97 Å². The van der Waals surface area contributed by atoms with Gasteiger partial charge in [0.05, 0.1) is 18.9 Å². The van der Waals surface area contributed by atoms with E-state index in [2.05, 4.69) is 20.0 Å². The summed E-state index contributed by atoms with van der Waals surface area (Å²) in [6.45, 7) is 2.38. The van der Waals surface area contributed by atoms with E-state index in [4.69, 9.17) is 4.52 Å². The summed E-state index contributed by atoms with van der Waals surface area (Å²) in [7, 11) is 1.35. The van der Waals surface area contributed by atoms with E-state index in [0.29, 0.717) is 23.8 Å². The molecule has 3 rings (SSSR count). The van der Waals surface area contributed by atoms with Gasteiger partial charge in [-0.15, -0.1) is 0 Å². The molecule has 0 aliphatic rings. The molecule has 0 fully saturated rings. The molecule has 0 N–H and O–H groups in total. The Labute approximate surface area is 126 Å². The molecule has 1 aromatic carbocycles. The zero-order valence-electron chi connectivity index (χ0n) is 12.2. The Morgan fingerprint density at radius 2 is 2.09 bits per heavy atom. The fourth-order valence-corrected chi connectivity index (χ4v) is 2.00. The lowest BCUT2D eigenvalue weighted by Crippen LogP contribution is -2.00. The van der Waals surface area contributed by atoms with Crippen LogP contribution in [0.15, 0.2) is 41.2 Å². The van der Waals surface area contributed by atoms with Crippen LogP contribution in [0.3, 0.4) is 0 Å². The van der Waals surface area contributed by atoms with E-state index in [0.717, 1.165) is 11.1 Å². The van der Waals surface area contributed by atoms with Crippen molar-refractivity contribution < 1.29 is 14.1 Å². The molecule has 7 nitrogen and oxygen atoms in total. The van der Waals surface area contributed by atoms with Crippen molar-refractivity contribution in [1.82, 2.24) is 19.9 Å². The molecule has 7 heteroatoms. The van der Waals surface area contributed by atoms with Crippen molar-refractivity contribution in [3.63, 3.8) is 0 Å². The van der Waals surface area contributed by atoms with Crippen LogP contribution in [-0.2, 0) is 11.3 Å². The first-order valence-electron chi connectivity index (χ1n) is 6.66. The van der Waals surface area contributed by atoms with E-state index in [1.807, 2.05) is 13.1 Å². The molecule has 0 unspecified atom stereocenters. The third-order valence-electron chi connectivity index (χ3n) is 3.09. The minimum atomic E-state index is -0.380. The lowest BCUT2D eigenvalue weighted by atomic mass is 10.1. The summed E-state index contributed by atoms with van der Waals surface area (Å²) in [5, 5.41) is 8.11. The van der Waals surface area contributed by atoms with Crippen molar-refractivity contribution in [2.24, 2.45) is 0 Å². The van der Waals surface area contributed by atoms with Crippen LogP contribution in [0.4, 0.5) is 0 Å². The number of hydrogen-bond acceptors (Lipinski definition) is 6. The summed E-state index contributed by atoms with van der Waals surface area (Å²) in [5.41, 5.74) is 2.31. The van der Waals surface area contributed by atoms with Crippen LogP contribution in [0.5, 0.6) is 0 Å². The number of aryl methyl sites for hydroxylation is 1. The topological polar surface area (TPSA) is 83.0 Å². The largest absolute Gasteiger partial charge is 0.465 e. The molecular formula is C15H14N4O3. The summed E-state index contributed by atoms with van der Waals surface area (Å²) in [4.78, 5) is 15.7. The van der Waals surface area contributed by atoms with E-state index in [1.54, 1.807) is 35.1 Å². The standard InChI is InChI=1S/C15H14N4O3/c1-10-7-16-19(8-10)9-13-17-14(18-22-13)11-3-5-12(6-4-11)15(20)21-2/h3-8H,9H2,1-2H3. The molecule has 0 bridgehead atoms. The van der Waals surface area contributed by atoms with Gasteiger partial charge in [0.1, 0.15) is 6.54 Å². The zero-order chi connectivity index (χ0) is 15.5. The Balaban J connectivity index is 1.77. The van der Waals surface area contributed by atoms with Crippen LogP contribution in [0.25, 0.3) is 11.4 Å². The highest BCUT2D eigenvalue weighted by Gasteiger charge is 2.11. The molecule has 22 heavy (non-hydrogen) atoms. The normalized spacial score (nSPS) is 10.6. The lowest BCUT2D eigenvalue weighted by Gasteiger charge is -1.99. The minimum Gasteiger partial charge on any atom is -0.465 e. The maximum absolute atomic E-state index is 11.4. The monoisotopic (exact) mass is 298 g/mol. The Morgan fingerprint density at radius 3 is 2.73 bits per heavy atom. The number of carbonyl (C=O) groups excluding carboxylic acids is 1. The third-order valence-corrected chi connectivity index (χ3v) is 3.09. The number of rotatable bonds is 4. The van der Waals surface area contributed by atoms with Crippen LogP contribution in [-0.4, -0.2) is 33.0 Å². The zero-order valence-corrected chi connectivity index (χ0v) is 12.2. The predicted octanol–water partition coefficient (Wildman–Crippen LogP) is 2.08. The second-order valence-corrected chi connectivity index (χ2v) is 4.80. The van der Waals surface area contributed by atoms with Gasteiger partial charge in [-0.05, 0) is 24.6 Å². The number of esters is 1. The number of ether oxygens (including phenoxy) is 1. The molecule has 112 valence electrons. The van der Waals surface area contributed by atoms with Crippen molar-refractivity contribution in [3.8, 4) is 11.4 Å². The van der Waals surface area contributed by atoms with Gasteiger partial charge in [-0.25, -0.2) is 4.79 Å². The van der Waals surface area contributed by atoms with Crippen molar-refractivity contribution in [2.75, 3.05) is 7.11 Å². The highest BCUT2D eigenvalue weighted by Crippen LogP contribution is 2.17. The highest BCUT2D eigenvalue weighted by atomic mass is 16.5. The number of methoxy groups -OCH3 is 1. The van der Waals surface area contributed by atoms with E-state index >= 15 is 0 Å². The number of hydrogen-bond donors (Lipinski definition) is 0. The summed E-state index contributed by atoms with van der Waals surface area (Å²) >= 11 is 0. The third kappa shape index (κ3) is 2.88. The summed E-state index contributed by atoms with van der Waals surface area (Å²) in [6, 6.07) is 6.82. The molecule has 2 heterocycles. The molecule has 2 aromatic heterocycles. The molecule has 0 atom stereocenters. The van der Waals surface area contributed by atoms with Gasteiger partial charge in [-0.3, -0.25) is 4.68 Å². The number of aromatic nitrogens is 4. The average Bonchev–Trinajstić information content (AvgIpc) is 3.16. The molecular weight excluding hydrogens is 284 g/mol. The quantitative estimate of drug-likeness (QED) is 0.686. The molecule has 3 aromatic rings. The first-order valence-corrected chi connectivity index (χ1v) is 6.66. The van der Waals surface area contributed by atoms with Crippen molar-refractivity contribution in [1.29, 1.82) is 0 Å². The van der Waals surface area contributed by atoms with Gasteiger partial charge in [0.15, 0.2) is 0 Å². The minimum absolute atomic E-state index is 0.380. The van der Waals surface area contributed by atoms with Crippen LogP contribution < -0.4 is 0 Å². The van der Waals surface area contributed by atoms with Gasteiger partial charge in [0.2, 0.25) is 11.7 Å². The Bertz CT molecular complexity index is 789. The van der Waals surface area contributed by atoms with Crippen LogP contribution in [0.2, 0.25) is 0 Å². The first-order chi connectivity index (χ1) is 10.7. The molecule has 0 spiro atoms. The molecule has 0 aliphatic heterocycles. The highest BCUT2D eigenvalue weighted by molar-refractivity contribution is 5.89. The van der Waals surface area contributed by atoms with Gasteiger partial charge >= 0.3 is 5.97 Å². The second kappa shape index (κ2) is 5.80. The number of nitrogens with zero attached hydrogens (tertiary/aromatic N) is 4. The fourth-order valence-electron chi connectivity index (χ4n) is 2.00. The summed E-state index contributed by atoms with van der Waals surface area (Å²) in [5.74, 6) is 0.555. The maximum atomic E-state index is 11.4. The molecule has 0 saturated carbocycles. The number of carbonyl (C=O) groups is 1. The van der Waals surface area contributed by atoms with Crippen LogP contribution >= 0.6 is 0 Å². The van der Waals surface area contributed by atoms with E-state index < -0.39 is 0 Å². The smallest absolute Gasteiger partial charge is 0.337 e. The van der Waals surface area contributed by atoms with E-state index in [9.17, 15) is 4.79 Å². The summed E-state index contributed by atoms with van der Waals surface area (Å²) in [6.07, 6.45) is 3.66. The fraction of sp³-hybridized carbons (Fsp3) is 0.200. The Morgan fingerprint density at radius 1 is 1.32 bits per heavy atom.